The van der Waals surface area contributed by atoms with E-state index in [-0.39, 0.29) is 11.7 Å². The second-order valence-electron chi connectivity index (χ2n) is 13.6. The molecule has 9 rings (SSSR count). The number of para-hydroxylation sites is 1. The first-order valence-electron chi connectivity index (χ1n) is 16.2. The van der Waals surface area contributed by atoms with Crippen LogP contribution in [0.1, 0.15) is 61.7 Å². The number of aliphatic carboxylic acids is 1. The SMILES string of the molecule is Nc1nnc(-c2ccccc2O)cc1N1CC2CC(c3ncc(-c4ccc(C5CCC(C(=O)O)CC5)cc4)cn3)C3C(CC23)C1. The third-order valence-electron chi connectivity index (χ3n) is 11.3. The normalized spacial score (nSPS) is 28.7. The Labute approximate surface area is 262 Å². The fourth-order valence-corrected chi connectivity index (χ4v) is 8.90. The number of anilines is 2. The van der Waals surface area contributed by atoms with Crippen LogP contribution in [0.15, 0.2) is 67.0 Å². The zero-order valence-electron chi connectivity index (χ0n) is 25.2. The summed E-state index contributed by atoms with van der Waals surface area (Å²) in [6.45, 7) is 1.85. The summed E-state index contributed by atoms with van der Waals surface area (Å²) in [5.74, 6) is 3.90. The Balaban J connectivity index is 0.950. The van der Waals surface area contributed by atoms with E-state index < -0.39 is 5.97 Å². The molecule has 4 heterocycles. The zero-order valence-corrected chi connectivity index (χ0v) is 25.2. The fourth-order valence-electron chi connectivity index (χ4n) is 8.90. The maximum absolute atomic E-state index is 11.3. The van der Waals surface area contributed by atoms with Gasteiger partial charge in [-0.3, -0.25) is 4.79 Å². The first kappa shape index (κ1) is 28.0. The number of benzene rings is 2. The van der Waals surface area contributed by atoms with Gasteiger partial charge in [0.15, 0.2) is 5.82 Å². The van der Waals surface area contributed by atoms with Gasteiger partial charge in [0.05, 0.1) is 17.3 Å². The number of hydrogen-bond donors (Lipinski definition) is 3. The maximum atomic E-state index is 11.3. The van der Waals surface area contributed by atoms with Crippen LogP contribution in [0.25, 0.3) is 22.4 Å². The van der Waals surface area contributed by atoms with Crippen molar-refractivity contribution in [3.8, 4) is 28.1 Å². The van der Waals surface area contributed by atoms with Crippen molar-refractivity contribution >= 4 is 17.5 Å². The van der Waals surface area contributed by atoms with Gasteiger partial charge in [-0.05, 0) is 97.4 Å². The minimum Gasteiger partial charge on any atom is -0.507 e. The van der Waals surface area contributed by atoms with E-state index in [1.807, 2.05) is 30.6 Å². The van der Waals surface area contributed by atoms with Crippen LogP contribution in [-0.2, 0) is 4.79 Å². The maximum Gasteiger partial charge on any atom is 0.306 e. The molecule has 230 valence electrons. The monoisotopic (exact) mass is 602 g/mol. The zero-order chi connectivity index (χ0) is 30.7. The summed E-state index contributed by atoms with van der Waals surface area (Å²) in [5, 5.41) is 28.2. The number of nitrogens with two attached hydrogens (primary N) is 1. The lowest BCUT2D eigenvalue weighted by molar-refractivity contribution is -0.142. The number of carboxylic acids is 1. The van der Waals surface area contributed by atoms with E-state index in [1.54, 1.807) is 12.1 Å². The van der Waals surface area contributed by atoms with Crippen molar-refractivity contribution in [3.63, 3.8) is 0 Å². The summed E-state index contributed by atoms with van der Waals surface area (Å²) in [5.41, 5.74) is 12.0. The molecule has 4 aromatic rings. The smallest absolute Gasteiger partial charge is 0.306 e. The van der Waals surface area contributed by atoms with E-state index in [9.17, 15) is 15.0 Å². The molecule has 3 aliphatic carbocycles. The lowest BCUT2D eigenvalue weighted by Crippen LogP contribution is -2.40. The van der Waals surface area contributed by atoms with Crippen LogP contribution in [0.3, 0.4) is 0 Å². The molecular weight excluding hydrogens is 564 g/mol. The summed E-state index contributed by atoms with van der Waals surface area (Å²) in [6, 6.07) is 17.8. The largest absolute Gasteiger partial charge is 0.507 e. The molecule has 9 nitrogen and oxygen atoms in total. The fraction of sp³-hybridized carbons (Fsp3) is 0.417. The number of carboxylic acid groups (broad SMARTS) is 1. The van der Waals surface area contributed by atoms with E-state index in [2.05, 4.69) is 39.4 Å². The standard InChI is InChI=1S/C36H38N6O3/c37-34-31(15-30(40-41-34)27-3-1-2-4-32(27)43)42-18-24-13-29(33-25(19-42)14-28(24)33)35-38-16-26(17-39-35)22-7-5-20(6-8-22)21-9-11-23(12-10-21)36(44)45/h1-8,15-17,21,23-25,28-29,33,43H,9-14,18-19H2,(H2,37,41)(H,44,45). The third kappa shape index (κ3) is 4.98. The van der Waals surface area contributed by atoms with Crippen molar-refractivity contribution in [2.45, 2.75) is 50.4 Å². The molecule has 2 saturated heterocycles. The number of nitrogens with zero attached hydrogens (tertiary/aromatic N) is 5. The van der Waals surface area contributed by atoms with E-state index in [0.717, 1.165) is 67.8 Å². The Bertz CT molecular complexity index is 1720. The number of aromatic hydroxyl groups is 1. The van der Waals surface area contributed by atoms with Gasteiger partial charge in [-0.15, -0.1) is 10.2 Å². The summed E-state index contributed by atoms with van der Waals surface area (Å²) >= 11 is 0. The van der Waals surface area contributed by atoms with Gasteiger partial charge in [-0.25, -0.2) is 9.97 Å². The summed E-state index contributed by atoms with van der Waals surface area (Å²) in [7, 11) is 0. The molecule has 0 radical (unpaired) electrons. The predicted octanol–water partition coefficient (Wildman–Crippen LogP) is 6.12. The minimum atomic E-state index is -0.657. The summed E-state index contributed by atoms with van der Waals surface area (Å²) in [6.07, 6.45) is 9.65. The Morgan fingerprint density at radius 3 is 2.33 bits per heavy atom. The van der Waals surface area contributed by atoms with Crippen molar-refractivity contribution in [1.29, 1.82) is 0 Å². The number of carbonyl (C=O) groups is 1. The van der Waals surface area contributed by atoms with E-state index in [0.29, 0.717) is 52.6 Å². The number of nitrogen functional groups attached to an aromatic ring is 1. The quantitative estimate of drug-likeness (QED) is 0.238. The van der Waals surface area contributed by atoms with Crippen LogP contribution < -0.4 is 10.6 Å². The highest BCUT2D eigenvalue weighted by Crippen LogP contribution is 2.62. The Hall–Kier alpha value is -4.53. The van der Waals surface area contributed by atoms with Gasteiger partial charge < -0.3 is 20.8 Å². The molecule has 5 unspecified atom stereocenters. The summed E-state index contributed by atoms with van der Waals surface area (Å²) < 4.78 is 0. The molecule has 4 bridgehead atoms. The Morgan fingerprint density at radius 2 is 1.60 bits per heavy atom. The second-order valence-corrected chi connectivity index (χ2v) is 13.6. The van der Waals surface area contributed by atoms with Gasteiger partial charge in [0.1, 0.15) is 11.6 Å². The van der Waals surface area contributed by atoms with Gasteiger partial charge in [-0.1, -0.05) is 36.4 Å². The lowest BCUT2D eigenvalue weighted by Gasteiger charge is -2.43. The van der Waals surface area contributed by atoms with E-state index >= 15 is 0 Å². The lowest BCUT2D eigenvalue weighted by atomic mass is 9.63. The number of hydrogen-bond acceptors (Lipinski definition) is 8. The molecule has 0 spiro atoms. The van der Waals surface area contributed by atoms with Crippen molar-refractivity contribution in [3.05, 3.63) is 78.4 Å². The molecule has 2 aliphatic heterocycles. The van der Waals surface area contributed by atoms with Gasteiger partial charge >= 0.3 is 5.97 Å². The number of aromatic nitrogens is 4. The van der Waals surface area contributed by atoms with Gasteiger partial charge in [0.25, 0.3) is 0 Å². The third-order valence-corrected chi connectivity index (χ3v) is 11.3. The molecule has 4 N–H and O–H groups in total. The molecule has 0 amide bonds. The molecule has 5 fully saturated rings. The Morgan fingerprint density at radius 1 is 0.867 bits per heavy atom. The highest BCUT2D eigenvalue weighted by atomic mass is 16.4. The molecule has 3 saturated carbocycles. The number of phenols is 1. The summed E-state index contributed by atoms with van der Waals surface area (Å²) in [4.78, 5) is 23.5. The van der Waals surface area contributed by atoms with Crippen LogP contribution in [0, 0.1) is 29.6 Å². The van der Waals surface area contributed by atoms with Crippen molar-refractivity contribution in [1.82, 2.24) is 20.2 Å². The first-order valence-corrected chi connectivity index (χ1v) is 16.2. The molecular formula is C36H38N6O3. The van der Waals surface area contributed by atoms with Crippen molar-refractivity contribution in [2.24, 2.45) is 29.6 Å². The second kappa shape index (κ2) is 11.1. The average Bonchev–Trinajstić information content (AvgIpc) is 3.15. The Kier molecular flexibility index (Phi) is 6.92. The number of rotatable bonds is 6. The molecule has 5 atom stereocenters. The van der Waals surface area contributed by atoms with Gasteiger partial charge in [-0.2, -0.15) is 0 Å². The topological polar surface area (TPSA) is 138 Å². The van der Waals surface area contributed by atoms with Crippen LogP contribution in [0.5, 0.6) is 5.75 Å². The van der Waals surface area contributed by atoms with Crippen molar-refractivity contribution < 1.29 is 15.0 Å². The molecule has 9 heteroatoms. The molecule has 45 heavy (non-hydrogen) atoms. The highest BCUT2D eigenvalue weighted by molar-refractivity contribution is 5.74. The van der Waals surface area contributed by atoms with E-state index in [1.165, 1.54) is 12.0 Å². The molecule has 2 aromatic heterocycles. The van der Waals surface area contributed by atoms with Gasteiger partial charge in [0.2, 0.25) is 0 Å². The van der Waals surface area contributed by atoms with Crippen LogP contribution >= 0.6 is 0 Å². The first-order chi connectivity index (χ1) is 21.9. The molecule has 5 aliphatic rings. The van der Waals surface area contributed by atoms with Crippen LogP contribution in [-0.4, -0.2) is 49.4 Å². The van der Waals surface area contributed by atoms with Crippen molar-refractivity contribution in [2.75, 3.05) is 23.7 Å². The van der Waals surface area contributed by atoms with Crippen LogP contribution in [0.2, 0.25) is 0 Å². The molecule has 2 aromatic carbocycles. The predicted molar refractivity (Wildman–Crippen MR) is 171 cm³/mol. The minimum absolute atomic E-state index is 0.183. The van der Waals surface area contributed by atoms with Crippen LogP contribution in [0.4, 0.5) is 11.5 Å². The number of phenolic OH excluding ortho intramolecular Hbond substituents is 1. The van der Waals surface area contributed by atoms with E-state index in [4.69, 9.17) is 15.7 Å². The highest BCUT2D eigenvalue weighted by Gasteiger charge is 2.58. The average molecular weight is 603 g/mol. The van der Waals surface area contributed by atoms with Gasteiger partial charge in [0, 0.05) is 42.5 Å². The number of fused-ring (bicyclic) bond motifs is 2.